The number of rotatable bonds is 66. The van der Waals surface area contributed by atoms with Crippen LogP contribution in [0.2, 0.25) is 0 Å². The standard InChI is InChI=1S/C45H78N2.C37H74O.C10H10N2/c1-3-5-7-9-11-13-15-17-19-21-23-25-27-29-31-39-45(46-42-37-33-35-41-36-34-38-43(47-45)44(41)42)40-32-30-28-26-24-22-20-18-16-14-12-10-8-6-4-2;1-3-5-7-9-11-13-15-17-19-21-23-25-27-29-31-33-35-37(38)36-34-32-30-28-26-24-22-20-18-16-14-12-10-8-6-4-2;11-8-5-1-3-7-4-2-6-9(12)10(7)8/h33-38,46-47H,3-32,39-40H2,1-2H3;3-36H2,1-2H3;1-6H,11-12H2. The lowest BCUT2D eigenvalue weighted by Crippen LogP contribution is -2.48. The Morgan fingerprint density at radius 1 is 0.258 bits per heavy atom. The van der Waals surface area contributed by atoms with Crippen molar-refractivity contribution in [2.24, 2.45) is 0 Å². The van der Waals surface area contributed by atoms with Gasteiger partial charge in [0.15, 0.2) is 0 Å². The fourth-order valence-corrected chi connectivity index (χ4v) is 15.3. The van der Waals surface area contributed by atoms with Crippen LogP contribution in [0.3, 0.4) is 0 Å². The fourth-order valence-electron chi connectivity index (χ4n) is 15.3. The molecule has 5 rings (SSSR count). The molecule has 0 bridgehead atoms. The monoisotopic (exact) mass is 1340 g/mol. The molecule has 0 amide bonds. The van der Waals surface area contributed by atoms with Crippen molar-refractivity contribution in [3.05, 3.63) is 72.8 Å². The second-order valence-electron chi connectivity index (χ2n) is 30.9. The number of nitrogens with one attached hydrogen (secondary N) is 2. The molecule has 0 fully saturated rings. The van der Waals surface area contributed by atoms with Crippen molar-refractivity contribution in [1.82, 2.24) is 0 Å². The molecule has 97 heavy (non-hydrogen) atoms. The summed E-state index contributed by atoms with van der Waals surface area (Å²) in [5, 5.41) is 12.9. The van der Waals surface area contributed by atoms with E-state index in [0.29, 0.717) is 5.78 Å². The minimum absolute atomic E-state index is 0.00425. The van der Waals surface area contributed by atoms with Crippen molar-refractivity contribution in [2.45, 2.75) is 457 Å². The average molecular weight is 1340 g/mol. The highest BCUT2D eigenvalue weighted by atomic mass is 16.1. The summed E-state index contributed by atoms with van der Waals surface area (Å²) in [4.78, 5) is 12.1. The first-order chi connectivity index (χ1) is 47.9. The van der Waals surface area contributed by atoms with Crippen molar-refractivity contribution in [3.63, 3.8) is 0 Å². The zero-order valence-corrected chi connectivity index (χ0v) is 65.2. The minimum Gasteiger partial charge on any atom is -0.398 e. The molecular weight excluding hydrogens is 1180 g/mol. The molecule has 1 aliphatic rings. The number of carbonyl (C=O) groups is 1. The maximum Gasteiger partial charge on any atom is 0.132 e. The van der Waals surface area contributed by atoms with Gasteiger partial charge in [-0.2, -0.15) is 0 Å². The van der Waals surface area contributed by atoms with Crippen LogP contribution in [0.15, 0.2) is 72.8 Å². The molecule has 4 aromatic rings. The van der Waals surface area contributed by atoms with E-state index in [2.05, 4.69) is 74.7 Å². The van der Waals surface area contributed by atoms with Gasteiger partial charge in [0, 0.05) is 46.4 Å². The van der Waals surface area contributed by atoms with E-state index in [9.17, 15) is 4.79 Å². The normalized spacial score (nSPS) is 12.3. The van der Waals surface area contributed by atoms with Crippen molar-refractivity contribution < 1.29 is 4.79 Å². The molecule has 556 valence electrons. The largest absolute Gasteiger partial charge is 0.398 e. The first kappa shape index (κ1) is 87.5. The van der Waals surface area contributed by atoms with E-state index < -0.39 is 0 Å². The second-order valence-corrected chi connectivity index (χ2v) is 30.9. The quantitative estimate of drug-likeness (QED) is 0.0261. The van der Waals surface area contributed by atoms with Gasteiger partial charge in [0.25, 0.3) is 0 Å². The third kappa shape index (κ3) is 47.2. The highest BCUT2D eigenvalue weighted by molar-refractivity contribution is 6.05. The number of fused-ring (bicyclic) bond motifs is 1. The van der Waals surface area contributed by atoms with Crippen LogP contribution in [0.5, 0.6) is 0 Å². The number of unbranched alkanes of at least 4 members (excludes halogenated alkanes) is 58. The molecule has 5 heteroatoms. The molecule has 6 N–H and O–H groups in total. The summed E-state index contributed by atoms with van der Waals surface area (Å²) in [5.74, 6) is 0.528. The van der Waals surface area contributed by atoms with Gasteiger partial charge in [-0.1, -0.05) is 449 Å². The number of hydrogen-bond acceptors (Lipinski definition) is 5. The van der Waals surface area contributed by atoms with Gasteiger partial charge in [0.2, 0.25) is 0 Å². The molecule has 0 spiro atoms. The van der Waals surface area contributed by atoms with Gasteiger partial charge in [-0.15, -0.1) is 0 Å². The molecule has 4 aromatic carbocycles. The number of carbonyl (C=O) groups excluding carboxylic acids is 1. The van der Waals surface area contributed by atoms with Crippen LogP contribution < -0.4 is 22.1 Å². The summed E-state index contributed by atoms with van der Waals surface area (Å²) < 4.78 is 0. The van der Waals surface area contributed by atoms with Gasteiger partial charge in [0.05, 0.1) is 0 Å². The SMILES string of the molecule is CCCCCCCCCCCCCCCCCC1(CCCCCCCCCCCCCCCCC)Nc2cccc3cccc(c23)N1.CCCCCCCCCCCCCCCCCCC(=O)CCCCCCCCCCCCCCCCCC.Nc1cccc2cccc(N)c12. The Labute approximate surface area is 603 Å². The summed E-state index contributed by atoms with van der Waals surface area (Å²) in [6.07, 6.45) is 91.6. The molecule has 1 heterocycles. The van der Waals surface area contributed by atoms with Crippen LogP contribution in [-0.2, 0) is 4.79 Å². The van der Waals surface area contributed by atoms with E-state index in [0.717, 1.165) is 47.8 Å². The second kappa shape index (κ2) is 64.4. The van der Waals surface area contributed by atoms with E-state index in [-0.39, 0.29) is 5.66 Å². The lowest BCUT2D eigenvalue weighted by molar-refractivity contribution is -0.119. The summed E-state index contributed by atoms with van der Waals surface area (Å²) in [7, 11) is 0. The third-order valence-corrected chi connectivity index (χ3v) is 21.7. The number of anilines is 4. The Morgan fingerprint density at radius 3 is 0.680 bits per heavy atom. The lowest BCUT2D eigenvalue weighted by atomic mass is 9.90. The number of benzene rings is 4. The van der Waals surface area contributed by atoms with Crippen molar-refractivity contribution in [3.8, 4) is 0 Å². The van der Waals surface area contributed by atoms with Crippen LogP contribution in [0.1, 0.15) is 451 Å². The van der Waals surface area contributed by atoms with Crippen molar-refractivity contribution in [1.29, 1.82) is 0 Å². The summed E-state index contributed by atoms with van der Waals surface area (Å²) in [6, 6.07) is 25.2. The van der Waals surface area contributed by atoms with Gasteiger partial charge >= 0.3 is 0 Å². The molecule has 0 saturated carbocycles. The maximum atomic E-state index is 12.1. The molecule has 0 aliphatic carbocycles. The maximum absolute atomic E-state index is 12.1. The van der Waals surface area contributed by atoms with E-state index >= 15 is 0 Å². The number of hydrogen-bond donors (Lipinski definition) is 4. The van der Waals surface area contributed by atoms with Crippen LogP contribution in [-0.4, -0.2) is 11.4 Å². The number of Topliss-reactive ketones (excluding diaryl/α,β-unsaturated/α-hetero) is 1. The molecule has 0 atom stereocenters. The fraction of sp³-hybridized carbons (Fsp3) is 0.772. The molecular formula is C92H162N4O. The zero-order chi connectivity index (χ0) is 69.3. The van der Waals surface area contributed by atoms with Gasteiger partial charge < -0.3 is 22.1 Å². The Bertz CT molecular complexity index is 2210. The predicted octanol–water partition coefficient (Wildman–Crippen LogP) is 31.8. The van der Waals surface area contributed by atoms with Gasteiger partial charge in [-0.05, 0) is 73.6 Å². The smallest absolute Gasteiger partial charge is 0.132 e. The molecule has 0 unspecified atom stereocenters. The Kier molecular flexibility index (Phi) is 58.1. The summed E-state index contributed by atoms with van der Waals surface area (Å²) in [6.45, 7) is 9.21. The molecule has 1 aliphatic heterocycles. The van der Waals surface area contributed by atoms with Gasteiger partial charge in [-0.3, -0.25) is 4.79 Å². The van der Waals surface area contributed by atoms with Gasteiger partial charge in [0.1, 0.15) is 11.4 Å². The van der Waals surface area contributed by atoms with Crippen LogP contribution in [0.25, 0.3) is 21.5 Å². The van der Waals surface area contributed by atoms with E-state index in [1.54, 1.807) is 0 Å². The highest BCUT2D eigenvalue weighted by Crippen LogP contribution is 2.41. The number of ketones is 1. The van der Waals surface area contributed by atoms with Gasteiger partial charge in [-0.25, -0.2) is 0 Å². The predicted molar refractivity (Wildman–Crippen MR) is 439 cm³/mol. The first-order valence-electron chi connectivity index (χ1n) is 43.5. The lowest BCUT2D eigenvalue weighted by Gasteiger charge is -2.42. The Balaban J connectivity index is 0.000000436. The zero-order valence-electron chi connectivity index (χ0n) is 65.2. The molecule has 0 aromatic heterocycles. The van der Waals surface area contributed by atoms with E-state index in [1.807, 2.05) is 36.4 Å². The van der Waals surface area contributed by atoms with Crippen LogP contribution in [0, 0.1) is 0 Å². The highest BCUT2D eigenvalue weighted by Gasteiger charge is 2.33. The minimum atomic E-state index is -0.00425. The first-order valence-corrected chi connectivity index (χ1v) is 43.5. The van der Waals surface area contributed by atoms with Crippen molar-refractivity contribution in [2.75, 3.05) is 22.1 Å². The van der Waals surface area contributed by atoms with Crippen LogP contribution in [0.4, 0.5) is 22.7 Å². The third-order valence-electron chi connectivity index (χ3n) is 21.7. The average Bonchev–Trinajstić information content (AvgIpc) is 0.762. The number of nitrogens with two attached hydrogens (primary N) is 2. The van der Waals surface area contributed by atoms with Crippen LogP contribution >= 0.6 is 0 Å². The number of nitrogen functional groups attached to an aromatic ring is 2. The summed E-state index contributed by atoms with van der Waals surface area (Å²) in [5.41, 5.74) is 15.7. The topological polar surface area (TPSA) is 93.2 Å². The summed E-state index contributed by atoms with van der Waals surface area (Å²) >= 11 is 0. The Hall–Kier alpha value is -3.73. The van der Waals surface area contributed by atoms with E-state index in [1.165, 1.54) is 420 Å². The Morgan fingerprint density at radius 2 is 0.454 bits per heavy atom. The molecule has 5 nitrogen and oxygen atoms in total. The molecule has 0 saturated heterocycles. The molecule has 0 radical (unpaired) electrons. The van der Waals surface area contributed by atoms with E-state index in [4.69, 9.17) is 11.5 Å². The van der Waals surface area contributed by atoms with Crippen molar-refractivity contribution >= 4 is 50.1 Å².